The molecule has 1 aromatic heterocycles. The number of fused-ring (bicyclic) bond motifs is 2. The molecule has 2 aromatic rings. The van der Waals surface area contributed by atoms with Crippen molar-refractivity contribution in [1.29, 1.82) is 0 Å². The fourth-order valence-corrected chi connectivity index (χ4v) is 5.45. The van der Waals surface area contributed by atoms with Crippen LogP contribution >= 0.6 is 11.3 Å². The minimum absolute atomic E-state index is 0.00773. The maximum atomic E-state index is 14.1. The summed E-state index contributed by atoms with van der Waals surface area (Å²) in [5.41, 5.74) is 0.410. The highest BCUT2D eigenvalue weighted by Crippen LogP contribution is 2.49. The Kier molecular flexibility index (Phi) is 5.63. The zero-order valence-corrected chi connectivity index (χ0v) is 16.9. The third-order valence-electron chi connectivity index (χ3n) is 5.89. The van der Waals surface area contributed by atoms with Crippen molar-refractivity contribution in [2.75, 3.05) is 4.90 Å². The maximum Gasteiger partial charge on any atom is 0.306 e. The molecule has 2 aliphatic carbocycles. The third kappa shape index (κ3) is 4.32. The van der Waals surface area contributed by atoms with Gasteiger partial charge in [0.15, 0.2) is 5.13 Å². The van der Waals surface area contributed by atoms with Crippen LogP contribution in [-0.2, 0) is 20.9 Å². The minimum atomic E-state index is -0.853. The van der Waals surface area contributed by atoms with Gasteiger partial charge in [-0.15, -0.1) is 11.3 Å². The van der Waals surface area contributed by atoms with Crippen LogP contribution in [0.15, 0.2) is 23.6 Å². The van der Waals surface area contributed by atoms with Crippen LogP contribution in [-0.4, -0.2) is 16.9 Å². The van der Waals surface area contributed by atoms with Gasteiger partial charge in [-0.1, -0.05) is 6.42 Å². The number of nitrogens with zero attached hydrogens (tertiary/aromatic N) is 2. The van der Waals surface area contributed by atoms with Gasteiger partial charge >= 0.3 is 5.97 Å². The van der Waals surface area contributed by atoms with E-state index in [1.165, 1.54) is 32.3 Å². The largest absolute Gasteiger partial charge is 0.459 e. The second-order valence-electron chi connectivity index (χ2n) is 7.87. The van der Waals surface area contributed by atoms with Gasteiger partial charge in [0.05, 0.1) is 11.4 Å². The monoisotopic (exact) mass is 420 g/mol. The van der Waals surface area contributed by atoms with Gasteiger partial charge < -0.3 is 4.74 Å². The SMILES string of the molecule is CC(=O)N(c1nc(COC(=O)C[C@H]2C[C@H]3CC[C@H]2C3)cs1)c1ccc(F)cc1F. The van der Waals surface area contributed by atoms with E-state index in [1.54, 1.807) is 5.38 Å². The molecule has 2 fully saturated rings. The van der Waals surface area contributed by atoms with Crippen LogP contribution in [0.5, 0.6) is 0 Å². The van der Waals surface area contributed by atoms with Crippen LogP contribution in [0.2, 0.25) is 0 Å². The molecule has 0 aliphatic heterocycles. The molecular formula is C21H22F2N2O3S. The number of hydrogen-bond donors (Lipinski definition) is 0. The molecule has 2 saturated carbocycles. The quantitative estimate of drug-likeness (QED) is 0.619. The summed E-state index contributed by atoms with van der Waals surface area (Å²) in [5.74, 6) is -0.389. The molecule has 2 bridgehead atoms. The molecule has 0 radical (unpaired) electrons. The number of ether oxygens (including phenoxy) is 1. The summed E-state index contributed by atoms with van der Waals surface area (Å²) in [5, 5.41) is 1.90. The lowest BCUT2D eigenvalue weighted by atomic mass is 9.86. The highest BCUT2D eigenvalue weighted by molar-refractivity contribution is 7.14. The minimum Gasteiger partial charge on any atom is -0.459 e. The van der Waals surface area contributed by atoms with Crippen LogP contribution < -0.4 is 4.90 Å². The molecule has 0 saturated heterocycles. The molecular weight excluding hydrogens is 398 g/mol. The molecule has 154 valence electrons. The van der Waals surface area contributed by atoms with Gasteiger partial charge in [0.1, 0.15) is 18.2 Å². The van der Waals surface area contributed by atoms with Gasteiger partial charge in [-0.2, -0.15) is 0 Å². The molecule has 0 N–H and O–H groups in total. The third-order valence-corrected chi connectivity index (χ3v) is 6.77. The molecule has 4 rings (SSSR count). The predicted molar refractivity (Wildman–Crippen MR) is 105 cm³/mol. The van der Waals surface area contributed by atoms with Crippen molar-refractivity contribution < 1.29 is 23.1 Å². The molecule has 0 unspecified atom stereocenters. The Morgan fingerprint density at radius 2 is 2.10 bits per heavy atom. The number of anilines is 2. The van der Waals surface area contributed by atoms with Crippen LogP contribution in [0.4, 0.5) is 19.6 Å². The topological polar surface area (TPSA) is 59.5 Å². The number of carbonyl (C=O) groups is 2. The van der Waals surface area contributed by atoms with Gasteiger partial charge in [0.25, 0.3) is 0 Å². The Labute approximate surface area is 171 Å². The predicted octanol–water partition coefficient (Wildman–Crippen LogP) is 4.98. The smallest absolute Gasteiger partial charge is 0.306 e. The fourth-order valence-electron chi connectivity index (χ4n) is 4.59. The number of aromatic nitrogens is 1. The second-order valence-corrected chi connectivity index (χ2v) is 8.71. The number of benzene rings is 1. The summed E-state index contributed by atoms with van der Waals surface area (Å²) in [4.78, 5) is 29.6. The number of hydrogen-bond acceptors (Lipinski definition) is 5. The normalized spacial score (nSPS) is 22.7. The van der Waals surface area contributed by atoms with Crippen molar-refractivity contribution in [3.05, 3.63) is 40.9 Å². The fraction of sp³-hybridized carbons (Fsp3) is 0.476. The van der Waals surface area contributed by atoms with Crippen molar-refractivity contribution in [3.63, 3.8) is 0 Å². The lowest BCUT2D eigenvalue weighted by Crippen LogP contribution is -2.23. The first-order chi connectivity index (χ1) is 13.9. The molecule has 1 amide bonds. The van der Waals surface area contributed by atoms with Gasteiger partial charge in [-0.05, 0) is 49.1 Å². The zero-order valence-electron chi connectivity index (χ0n) is 16.1. The van der Waals surface area contributed by atoms with E-state index in [1.807, 2.05) is 0 Å². The lowest BCUT2D eigenvalue weighted by molar-refractivity contribution is -0.146. The molecule has 1 heterocycles. The maximum absolute atomic E-state index is 14.1. The van der Waals surface area contributed by atoms with E-state index in [-0.39, 0.29) is 23.4 Å². The van der Waals surface area contributed by atoms with Crippen LogP contribution in [0, 0.1) is 29.4 Å². The van der Waals surface area contributed by atoms with Crippen molar-refractivity contribution in [2.45, 2.75) is 45.6 Å². The molecule has 0 spiro atoms. The average molecular weight is 420 g/mol. The number of amides is 1. The first-order valence-corrected chi connectivity index (χ1v) is 10.6. The van der Waals surface area contributed by atoms with Crippen LogP contribution in [0.25, 0.3) is 0 Å². The van der Waals surface area contributed by atoms with Gasteiger partial charge in [-0.3, -0.25) is 14.5 Å². The molecule has 2 aliphatic rings. The molecule has 29 heavy (non-hydrogen) atoms. The van der Waals surface area contributed by atoms with E-state index in [2.05, 4.69) is 4.98 Å². The zero-order chi connectivity index (χ0) is 20.5. The van der Waals surface area contributed by atoms with Crippen LogP contribution in [0.1, 0.15) is 44.7 Å². The number of esters is 1. The van der Waals surface area contributed by atoms with Crippen molar-refractivity contribution in [1.82, 2.24) is 4.98 Å². The number of carbonyl (C=O) groups excluding carboxylic acids is 2. The Hall–Kier alpha value is -2.35. The van der Waals surface area contributed by atoms with Gasteiger partial charge in [0, 0.05) is 24.8 Å². The van der Waals surface area contributed by atoms with E-state index in [9.17, 15) is 18.4 Å². The van der Waals surface area contributed by atoms with Gasteiger partial charge in [-0.25, -0.2) is 13.8 Å². The Morgan fingerprint density at radius 1 is 1.28 bits per heavy atom. The van der Waals surface area contributed by atoms with E-state index in [0.29, 0.717) is 24.0 Å². The highest BCUT2D eigenvalue weighted by atomic mass is 32.1. The van der Waals surface area contributed by atoms with E-state index < -0.39 is 17.5 Å². The van der Waals surface area contributed by atoms with E-state index in [0.717, 1.165) is 40.7 Å². The van der Waals surface area contributed by atoms with E-state index >= 15 is 0 Å². The standard InChI is InChI=1S/C21H22F2N2O3S/c1-12(26)25(19-5-4-16(22)9-18(19)23)21-24-17(11-29-21)10-28-20(27)8-15-7-13-2-3-14(15)6-13/h4-5,9,11,13-15H,2-3,6-8,10H2,1H3/t13-,14-,15+/m0/s1. The molecule has 3 atom stereocenters. The lowest BCUT2D eigenvalue weighted by Gasteiger charge is -2.20. The number of thiazole rings is 1. The molecule has 8 heteroatoms. The first-order valence-electron chi connectivity index (χ1n) is 9.76. The Bertz CT molecular complexity index is 932. The Morgan fingerprint density at radius 3 is 2.76 bits per heavy atom. The summed E-state index contributed by atoms with van der Waals surface area (Å²) >= 11 is 1.13. The van der Waals surface area contributed by atoms with Crippen molar-refractivity contribution >= 4 is 34.0 Å². The number of halogens is 2. The summed E-state index contributed by atoms with van der Waals surface area (Å²) in [6.45, 7) is 1.28. The average Bonchev–Trinajstić information content (AvgIpc) is 3.39. The van der Waals surface area contributed by atoms with Crippen LogP contribution in [0.3, 0.4) is 0 Å². The van der Waals surface area contributed by atoms with Gasteiger partial charge in [0.2, 0.25) is 5.91 Å². The summed E-state index contributed by atoms with van der Waals surface area (Å²) in [7, 11) is 0. The second kappa shape index (κ2) is 8.18. The summed E-state index contributed by atoms with van der Waals surface area (Å²) in [6.07, 6.45) is 5.32. The molecule has 1 aromatic carbocycles. The van der Waals surface area contributed by atoms with E-state index in [4.69, 9.17) is 4.74 Å². The van der Waals surface area contributed by atoms with Crippen molar-refractivity contribution in [2.24, 2.45) is 17.8 Å². The first kappa shape index (κ1) is 19.9. The van der Waals surface area contributed by atoms with Crippen molar-refractivity contribution in [3.8, 4) is 0 Å². The Balaban J connectivity index is 1.39. The summed E-state index contributed by atoms with van der Waals surface area (Å²) < 4.78 is 32.7. The highest BCUT2D eigenvalue weighted by Gasteiger charge is 2.40. The molecule has 5 nitrogen and oxygen atoms in total. The summed E-state index contributed by atoms with van der Waals surface area (Å²) in [6, 6.07) is 3.00. The number of rotatable bonds is 6.